The van der Waals surface area contributed by atoms with Crippen LogP contribution in [0.3, 0.4) is 0 Å². The molecule has 0 atom stereocenters. The maximum atomic E-state index is 12.5. The first kappa shape index (κ1) is 23.1. The number of thioether (sulfide) groups is 1. The lowest BCUT2D eigenvalue weighted by molar-refractivity contribution is -0.133. The van der Waals surface area contributed by atoms with E-state index in [4.69, 9.17) is 14.9 Å². The van der Waals surface area contributed by atoms with Gasteiger partial charge in [-0.1, -0.05) is 23.9 Å². The van der Waals surface area contributed by atoms with Gasteiger partial charge in [0.2, 0.25) is 5.91 Å². The maximum Gasteiger partial charge on any atom is 0.345 e. The number of fused-ring (bicyclic) bond motifs is 1. The van der Waals surface area contributed by atoms with Gasteiger partial charge in [-0.15, -0.1) is 10.2 Å². The first-order chi connectivity index (χ1) is 16.5. The second-order valence-corrected chi connectivity index (χ2v) is 8.18. The van der Waals surface area contributed by atoms with Gasteiger partial charge in [0.05, 0.1) is 36.7 Å². The van der Waals surface area contributed by atoms with Crippen LogP contribution in [-0.4, -0.2) is 54.6 Å². The summed E-state index contributed by atoms with van der Waals surface area (Å²) in [4.78, 5) is 31.1. The van der Waals surface area contributed by atoms with Gasteiger partial charge in [-0.25, -0.2) is 9.78 Å². The van der Waals surface area contributed by atoms with Crippen LogP contribution >= 0.6 is 11.8 Å². The summed E-state index contributed by atoms with van der Waals surface area (Å²) < 4.78 is 12.1. The summed E-state index contributed by atoms with van der Waals surface area (Å²) in [6.45, 7) is 0.328. The van der Waals surface area contributed by atoms with E-state index in [2.05, 4.69) is 20.2 Å². The topological polar surface area (TPSA) is 162 Å². The van der Waals surface area contributed by atoms with E-state index in [1.807, 2.05) is 18.2 Å². The molecule has 0 bridgehead atoms. The molecule has 12 heteroatoms. The van der Waals surface area contributed by atoms with Crippen molar-refractivity contribution < 1.29 is 23.8 Å². The molecule has 4 rings (SSSR count). The summed E-state index contributed by atoms with van der Waals surface area (Å²) >= 11 is 1.16. The normalized spacial score (nSPS) is 12.0. The Kier molecular flexibility index (Phi) is 6.97. The van der Waals surface area contributed by atoms with Gasteiger partial charge < -0.3 is 25.0 Å². The summed E-state index contributed by atoms with van der Waals surface area (Å²) in [6, 6.07) is 10.8. The van der Waals surface area contributed by atoms with Crippen LogP contribution in [0, 0.1) is 0 Å². The minimum absolute atomic E-state index is 0.00636. The van der Waals surface area contributed by atoms with E-state index in [1.54, 1.807) is 29.0 Å². The molecule has 11 nitrogen and oxygen atoms in total. The third-order valence-corrected chi connectivity index (χ3v) is 5.90. The number of carbonyl (C=O) groups excluding carboxylic acids is 2. The molecular formula is C22H22N6O5S. The molecule has 176 valence electrons. The fourth-order valence-electron chi connectivity index (χ4n) is 3.29. The molecule has 4 aromatic rings. The highest BCUT2D eigenvalue weighted by Gasteiger charge is 2.23. The van der Waals surface area contributed by atoms with Gasteiger partial charge in [-0.3, -0.25) is 9.36 Å². The average molecular weight is 483 g/mol. The van der Waals surface area contributed by atoms with Crippen LogP contribution in [0.15, 0.2) is 58.0 Å². The molecule has 0 saturated heterocycles. The van der Waals surface area contributed by atoms with Crippen molar-refractivity contribution in [3.05, 3.63) is 65.8 Å². The van der Waals surface area contributed by atoms with Crippen molar-refractivity contribution in [1.29, 1.82) is 0 Å². The second-order valence-electron chi connectivity index (χ2n) is 7.24. The summed E-state index contributed by atoms with van der Waals surface area (Å²) in [7, 11) is 1.23. The number of aliphatic hydroxyl groups is 1. The number of methoxy groups -OCH3 is 1. The van der Waals surface area contributed by atoms with Crippen LogP contribution in [0.5, 0.6) is 0 Å². The Labute approximate surface area is 198 Å². The number of carbonyl (C=O) groups is 2. The third-order valence-electron chi connectivity index (χ3n) is 4.92. The summed E-state index contributed by atoms with van der Waals surface area (Å²) in [6.07, 6.45) is 1.97. The Bertz CT molecular complexity index is 1310. The number of benzene rings is 1. The number of imidazole rings is 1. The second kappa shape index (κ2) is 10.3. The molecule has 1 aromatic carbocycles. The predicted molar refractivity (Wildman–Crippen MR) is 124 cm³/mol. The fourth-order valence-corrected chi connectivity index (χ4v) is 4.13. The number of aromatic amines is 1. The molecule has 0 unspecified atom stereocenters. The Morgan fingerprint density at radius 1 is 1.24 bits per heavy atom. The van der Waals surface area contributed by atoms with Crippen molar-refractivity contribution in [1.82, 2.24) is 24.7 Å². The van der Waals surface area contributed by atoms with Crippen molar-refractivity contribution in [2.45, 2.75) is 24.5 Å². The number of aromatic nitrogens is 5. The highest BCUT2D eigenvalue weighted by Crippen LogP contribution is 2.26. The number of ether oxygens (including phenoxy) is 1. The molecular weight excluding hydrogens is 460 g/mol. The van der Waals surface area contributed by atoms with Crippen LogP contribution < -0.4 is 5.73 Å². The first-order valence-corrected chi connectivity index (χ1v) is 11.3. The van der Waals surface area contributed by atoms with Gasteiger partial charge in [-0.05, 0) is 24.3 Å². The molecule has 0 saturated carbocycles. The molecule has 0 radical (unpaired) electrons. The van der Waals surface area contributed by atoms with Gasteiger partial charge in [0.15, 0.2) is 5.16 Å². The van der Waals surface area contributed by atoms with Crippen LogP contribution in [0.25, 0.3) is 16.6 Å². The standard InChI is InChI=1S/C22H22N6O5S/c1-32-21(31)19(20-24-14-6-2-3-7-15(14)25-20)16(29)12-34-22-27-26-18(9-8-17(23)30)28(22)11-13-5-4-10-33-13/h2-7,10,29H,8-9,11-12H2,1H3,(H2,23,30)(H,24,25)/b19-16+. The van der Waals surface area contributed by atoms with Crippen LogP contribution in [-0.2, 0) is 27.3 Å². The minimum atomic E-state index is -0.726. The predicted octanol–water partition coefficient (Wildman–Crippen LogP) is 2.45. The zero-order chi connectivity index (χ0) is 24.1. The van der Waals surface area contributed by atoms with Gasteiger partial charge in [-0.2, -0.15) is 0 Å². The fraction of sp³-hybridized carbons (Fsp3) is 0.227. The molecule has 0 fully saturated rings. The molecule has 3 aromatic heterocycles. The highest BCUT2D eigenvalue weighted by molar-refractivity contribution is 7.99. The van der Waals surface area contributed by atoms with E-state index in [-0.39, 0.29) is 29.3 Å². The number of primary amides is 1. The lowest BCUT2D eigenvalue weighted by Crippen LogP contribution is -2.14. The number of aryl methyl sites for hydroxylation is 1. The number of para-hydroxylation sites is 2. The number of amides is 1. The molecule has 0 aliphatic carbocycles. The Morgan fingerprint density at radius 2 is 2.06 bits per heavy atom. The average Bonchev–Trinajstić information content (AvgIpc) is 3.57. The van der Waals surface area contributed by atoms with Crippen molar-refractivity contribution in [3.63, 3.8) is 0 Å². The summed E-state index contributed by atoms with van der Waals surface area (Å²) in [5.74, 6) is -0.00114. The quantitative estimate of drug-likeness (QED) is 0.133. The molecule has 4 N–H and O–H groups in total. The first-order valence-electron chi connectivity index (χ1n) is 10.3. The van der Waals surface area contributed by atoms with Crippen molar-refractivity contribution in [2.24, 2.45) is 5.73 Å². The lowest BCUT2D eigenvalue weighted by Gasteiger charge is -2.09. The SMILES string of the molecule is COC(=O)/C(=C(/O)CSc1nnc(CCC(N)=O)n1Cc1ccco1)c1nc2ccccc2[nH]1. The van der Waals surface area contributed by atoms with E-state index in [1.165, 1.54) is 7.11 Å². The number of nitrogens with one attached hydrogen (secondary N) is 1. The Hall–Kier alpha value is -4.06. The molecule has 0 spiro atoms. The van der Waals surface area contributed by atoms with Crippen LogP contribution in [0.2, 0.25) is 0 Å². The number of nitrogens with two attached hydrogens (primary N) is 1. The van der Waals surface area contributed by atoms with E-state index < -0.39 is 11.9 Å². The molecule has 1 amide bonds. The maximum absolute atomic E-state index is 12.5. The largest absolute Gasteiger partial charge is 0.510 e. The van der Waals surface area contributed by atoms with E-state index >= 15 is 0 Å². The van der Waals surface area contributed by atoms with E-state index in [9.17, 15) is 14.7 Å². The Balaban J connectivity index is 1.62. The summed E-state index contributed by atoms with van der Waals surface area (Å²) in [5.41, 5.74) is 6.57. The highest BCUT2D eigenvalue weighted by atomic mass is 32.2. The van der Waals surface area contributed by atoms with E-state index in [0.29, 0.717) is 35.2 Å². The number of rotatable bonds is 10. The number of aliphatic hydroxyl groups excluding tert-OH is 1. The number of H-pyrrole nitrogens is 1. The molecule has 0 aliphatic rings. The van der Waals surface area contributed by atoms with Gasteiger partial charge >= 0.3 is 5.97 Å². The molecule has 3 heterocycles. The lowest BCUT2D eigenvalue weighted by atomic mass is 10.2. The van der Waals surface area contributed by atoms with Crippen molar-refractivity contribution in [2.75, 3.05) is 12.9 Å². The van der Waals surface area contributed by atoms with Crippen molar-refractivity contribution >= 4 is 40.2 Å². The van der Waals surface area contributed by atoms with Gasteiger partial charge in [0.25, 0.3) is 0 Å². The number of esters is 1. The molecule has 34 heavy (non-hydrogen) atoms. The summed E-state index contributed by atoms with van der Waals surface area (Å²) in [5, 5.41) is 19.7. The number of hydrogen-bond donors (Lipinski definition) is 3. The number of nitrogens with zero attached hydrogens (tertiary/aromatic N) is 4. The smallest absolute Gasteiger partial charge is 0.345 e. The van der Waals surface area contributed by atoms with Crippen LogP contribution in [0.4, 0.5) is 0 Å². The number of furan rings is 1. The number of hydrogen-bond acceptors (Lipinski definition) is 9. The zero-order valence-electron chi connectivity index (χ0n) is 18.2. The minimum Gasteiger partial charge on any atom is -0.510 e. The monoisotopic (exact) mass is 482 g/mol. The third kappa shape index (κ3) is 5.12. The molecule has 0 aliphatic heterocycles. The zero-order valence-corrected chi connectivity index (χ0v) is 19.0. The van der Waals surface area contributed by atoms with E-state index in [0.717, 1.165) is 17.3 Å². The van der Waals surface area contributed by atoms with Gasteiger partial charge in [0, 0.05) is 12.8 Å². The van der Waals surface area contributed by atoms with Gasteiger partial charge in [0.1, 0.15) is 28.7 Å². The van der Waals surface area contributed by atoms with Crippen molar-refractivity contribution in [3.8, 4) is 0 Å². The van der Waals surface area contributed by atoms with Crippen LogP contribution in [0.1, 0.15) is 23.8 Å². The Morgan fingerprint density at radius 3 is 2.76 bits per heavy atom.